The Balaban J connectivity index is 2.17. The van der Waals surface area contributed by atoms with E-state index in [-0.39, 0.29) is 22.5 Å². The Morgan fingerprint density at radius 1 is 1.59 bits per heavy atom. The quantitative estimate of drug-likeness (QED) is 0.770. The van der Waals surface area contributed by atoms with Gasteiger partial charge in [-0.15, -0.1) is 0 Å². The van der Waals surface area contributed by atoms with E-state index in [0.29, 0.717) is 17.8 Å². The van der Waals surface area contributed by atoms with Crippen molar-refractivity contribution in [3.05, 3.63) is 24.0 Å². The molecule has 0 bridgehead atoms. The molecule has 1 aromatic heterocycles. The number of nitrogens with two attached hydrogens (primary N) is 1. The lowest BCUT2D eigenvalue weighted by molar-refractivity contribution is 0.602. The van der Waals surface area contributed by atoms with Gasteiger partial charge in [-0.1, -0.05) is 12.2 Å². The van der Waals surface area contributed by atoms with Crippen LogP contribution in [0.3, 0.4) is 0 Å². The summed E-state index contributed by atoms with van der Waals surface area (Å²) in [4.78, 5) is 4.28. The topological polar surface area (TPSA) is 85.1 Å². The summed E-state index contributed by atoms with van der Waals surface area (Å²) in [6.45, 7) is 0. The molecule has 1 unspecified atom stereocenters. The first-order valence-corrected chi connectivity index (χ1v) is 7.43. The van der Waals surface area contributed by atoms with Crippen LogP contribution >= 0.6 is 12.2 Å². The van der Waals surface area contributed by atoms with E-state index in [0.717, 1.165) is 0 Å². The highest BCUT2D eigenvalue weighted by molar-refractivity contribution is 7.91. The summed E-state index contributed by atoms with van der Waals surface area (Å²) >= 11 is 4.89. The van der Waals surface area contributed by atoms with Gasteiger partial charge in [-0.25, -0.2) is 8.42 Å². The molecule has 0 amide bonds. The molecule has 1 aliphatic rings. The first-order valence-electron chi connectivity index (χ1n) is 5.20. The van der Waals surface area contributed by atoms with Crippen molar-refractivity contribution in [2.45, 2.75) is 12.5 Å². The van der Waals surface area contributed by atoms with E-state index in [4.69, 9.17) is 18.0 Å². The number of nitrogens with one attached hydrogen (secondary N) is 1. The second-order valence-electron chi connectivity index (χ2n) is 4.01. The van der Waals surface area contributed by atoms with Gasteiger partial charge in [0.05, 0.1) is 17.2 Å². The predicted octanol–water partition coefficient (Wildman–Crippen LogP) is 0.315. The van der Waals surface area contributed by atoms with Crippen LogP contribution in [0.4, 0.5) is 5.69 Å². The first-order chi connectivity index (χ1) is 7.98. The Morgan fingerprint density at radius 3 is 2.94 bits per heavy atom. The molecule has 0 aromatic carbocycles. The Labute approximate surface area is 105 Å². The van der Waals surface area contributed by atoms with Crippen molar-refractivity contribution in [3.63, 3.8) is 0 Å². The standard InChI is InChI=1S/C10H13N3O2S2/c11-10(16)9-8(2-1-4-12-9)13-7-3-5-17(14,15)6-7/h1-2,4,7,13H,3,5-6H2,(H2,11,16). The van der Waals surface area contributed by atoms with Gasteiger partial charge in [-0.3, -0.25) is 4.98 Å². The molecule has 1 saturated heterocycles. The Hall–Kier alpha value is -1.21. The summed E-state index contributed by atoms with van der Waals surface area (Å²) in [6, 6.07) is 3.47. The van der Waals surface area contributed by atoms with Crippen molar-refractivity contribution in [3.8, 4) is 0 Å². The van der Waals surface area contributed by atoms with Crippen molar-refractivity contribution in [1.29, 1.82) is 0 Å². The molecule has 0 aliphatic carbocycles. The smallest absolute Gasteiger partial charge is 0.152 e. The highest BCUT2D eigenvalue weighted by Crippen LogP contribution is 2.19. The van der Waals surface area contributed by atoms with E-state index >= 15 is 0 Å². The van der Waals surface area contributed by atoms with Crippen molar-refractivity contribution in [2.75, 3.05) is 16.8 Å². The molecule has 5 nitrogen and oxygen atoms in total. The zero-order chi connectivity index (χ0) is 12.5. The number of pyridine rings is 1. The third-order valence-electron chi connectivity index (χ3n) is 2.63. The van der Waals surface area contributed by atoms with E-state index in [1.54, 1.807) is 18.3 Å². The first kappa shape index (κ1) is 12.3. The summed E-state index contributed by atoms with van der Waals surface area (Å²) in [7, 11) is -2.90. The molecular formula is C10H13N3O2S2. The average molecular weight is 271 g/mol. The number of anilines is 1. The van der Waals surface area contributed by atoms with Gasteiger partial charge in [0, 0.05) is 12.2 Å². The van der Waals surface area contributed by atoms with Gasteiger partial charge in [-0.2, -0.15) is 0 Å². The Bertz CT molecular complexity index is 542. The van der Waals surface area contributed by atoms with E-state index < -0.39 is 9.84 Å². The molecule has 2 rings (SSSR count). The molecule has 7 heteroatoms. The minimum Gasteiger partial charge on any atom is -0.388 e. The number of hydrogen-bond acceptors (Lipinski definition) is 5. The van der Waals surface area contributed by atoms with Crippen molar-refractivity contribution in [2.24, 2.45) is 5.73 Å². The lowest BCUT2D eigenvalue weighted by atomic mass is 10.2. The second kappa shape index (κ2) is 4.58. The molecule has 1 aliphatic heterocycles. The van der Waals surface area contributed by atoms with Gasteiger partial charge >= 0.3 is 0 Å². The van der Waals surface area contributed by atoms with Crippen LogP contribution in [0.2, 0.25) is 0 Å². The van der Waals surface area contributed by atoms with Gasteiger partial charge < -0.3 is 11.1 Å². The number of aromatic nitrogens is 1. The van der Waals surface area contributed by atoms with Gasteiger partial charge in [0.1, 0.15) is 10.7 Å². The summed E-state index contributed by atoms with van der Waals surface area (Å²) in [5.41, 5.74) is 6.76. The molecule has 17 heavy (non-hydrogen) atoms. The van der Waals surface area contributed by atoms with Crippen LogP contribution < -0.4 is 11.1 Å². The summed E-state index contributed by atoms with van der Waals surface area (Å²) in [5.74, 6) is 0.381. The zero-order valence-corrected chi connectivity index (χ0v) is 10.7. The molecule has 1 aromatic rings. The van der Waals surface area contributed by atoms with E-state index in [1.165, 1.54) is 0 Å². The molecular weight excluding hydrogens is 258 g/mol. The monoisotopic (exact) mass is 271 g/mol. The highest BCUT2D eigenvalue weighted by atomic mass is 32.2. The number of thiocarbonyl (C=S) groups is 1. The fraction of sp³-hybridized carbons (Fsp3) is 0.400. The van der Waals surface area contributed by atoms with Gasteiger partial charge in [0.2, 0.25) is 0 Å². The molecule has 0 spiro atoms. The summed E-state index contributed by atoms with van der Waals surface area (Å²) < 4.78 is 22.7. The van der Waals surface area contributed by atoms with Crippen LogP contribution in [0.1, 0.15) is 12.1 Å². The lowest BCUT2D eigenvalue weighted by Crippen LogP contribution is -2.23. The van der Waals surface area contributed by atoms with Gasteiger partial charge in [0.25, 0.3) is 0 Å². The van der Waals surface area contributed by atoms with E-state index in [9.17, 15) is 8.42 Å². The number of nitrogens with zero attached hydrogens (tertiary/aromatic N) is 1. The number of hydrogen-bond donors (Lipinski definition) is 2. The van der Waals surface area contributed by atoms with Crippen LogP contribution in [0.15, 0.2) is 18.3 Å². The third kappa shape index (κ3) is 2.92. The molecule has 2 heterocycles. The van der Waals surface area contributed by atoms with Crippen LogP contribution in [-0.4, -0.2) is 35.9 Å². The molecule has 1 fully saturated rings. The van der Waals surface area contributed by atoms with Crippen LogP contribution in [0, 0.1) is 0 Å². The number of sulfone groups is 1. The van der Waals surface area contributed by atoms with Gasteiger partial charge in [-0.05, 0) is 18.6 Å². The Kier molecular flexibility index (Phi) is 3.30. The maximum atomic E-state index is 11.3. The highest BCUT2D eigenvalue weighted by Gasteiger charge is 2.28. The largest absolute Gasteiger partial charge is 0.388 e. The van der Waals surface area contributed by atoms with Crippen molar-refractivity contribution < 1.29 is 8.42 Å². The molecule has 92 valence electrons. The maximum Gasteiger partial charge on any atom is 0.152 e. The van der Waals surface area contributed by atoms with Crippen molar-refractivity contribution in [1.82, 2.24) is 4.98 Å². The fourth-order valence-electron chi connectivity index (χ4n) is 1.85. The minimum absolute atomic E-state index is 0.0858. The SMILES string of the molecule is NC(=S)c1ncccc1NC1CCS(=O)(=O)C1. The Morgan fingerprint density at radius 2 is 2.35 bits per heavy atom. The molecule has 3 N–H and O–H groups in total. The maximum absolute atomic E-state index is 11.3. The van der Waals surface area contributed by atoms with Crippen molar-refractivity contribution >= 4 is 32.7 Å². The van der Waals surface area contributed by atoms with E-state index in [1.807, 2.05) is 0 Å². The second-order valence-corrected chi connectivity index (χ2v) is 6.68. The molecule has 0 radical (unpaired) electrons. The fourth-order valence-corrected chi connectivity index (χ4v) is 3.68. The number of rotatable bonds is 3. The van der Waals surface area contributed by atoms with Crippen LogP contribution in [-0.2, 0) is 9.84 Å². The lowest BCUT2D eigenvalue weighted by Gasteiger charge is -2.14. The normalized spacial score (nSPS) is 22.2. The van der Waals surface area contributed by atoms with Crippen LogP contribution in [0.5, 0.6) is 0 Å². The average Bonchev–Trinajstić information content (AvgIpc) is 2.58. The molecule has 0 saturated carbocycles. The summed E-state index contributed by atoms with van der Waals surface area (Å²) in [5, 5.41) is 3.14. The van der Waals surface area contributed by atoms with Gasteiger partial charge in [0.15, 0.2) is 9.84 Å². The van der Waals surface area contributed by atoms with E-state index in [2.05, 4.69) is 10.3 Å². The third-order valence-corrected chi connectivity index (χ3v) is 4.59. The summed E-state index contributed by atoms with van der Waals surface area (Å²) in [6.07, 6.45) is 2.21. The predicted molar refractivity (Wildman–Crippen MR) is 70.8 cm³/mol. The van der Waals surface area contributed by atoms with Crippen LogP contribution in [0.25, 0.3) is 0 Å². The molecule has 1 atom stereocenters. The minimum atomic E-state index is -2.90. The zero-order valence-electron chi connectivity index (χ0n) is 9.09.